The molecule has 1 atom stereocenters. The summed E-state index contributed by atoms with van der Waals surface area (Å²) in [6.45, 7) is 3.78. The zero-order valence-electron chi connectivity index (χ0n) is 12.2. The molecule has 2 heterocycles. The largest absolute Gasteiger partial charge is 0.481 e. The van der Waals surface area contributed by atoms with Gasteiger partial charge in [0.1, 0.15) is 5.75 Å². The highest BCUT2D eigenvalue weighted by Crippen LogP contribution is 2.26. The van der Waals surface area contributed by atoms with Gasteiger partial charge in [-0.1, -0.05) is 16.8 Å². The van der Waals surface area contributed by atoms with E-state index in [-0.39, 0.29) is 6.10 Å². The van der Waals surface area contributed by atoms with Crippen LogP contribution in [-0.2, 0) is 0 Å². The first-order valence-corrected chi connectivity index (χ1v) is 7.18. The van der Waals surface area contributed by atoms with Gasteiger partial charge in [-0.05, 0) is 49.7 Å². The average molecular weight is 316 g/mol. The third kappa shape index (κ3) is 3.09. The van der Waals surface area contributed by atoms with Gasteiger partial charge in [0.15, 0.2) is 6.10 Å². The molecular formula is C16H14ClN3O2. The number of rotatable bonds is 4. The fraction of sp³-hybridized carbons (Fsp3) is 0.188. The summed E-state index contributed by atoms with van der Waals surface area (Å²) in [5.41, 5.74) is 1.80. The summed E-state index contributed by atoms with van der Waals surface area (Å²) in [7, 11) is 0. The van der Waals surface area contributed by atoms with Gasteiger partial charge in [0.2, 0.25) is 5.82 Å². The van der Waals surface area contributed by atoms with Crippen molar-refractivity contribution < 1.29 is 9.26 Å². The van der Waals surface area contributed by atoms with E-state index < -0.39 is 0 Å². The molecule has 0 aliphatic carbocycles. The van der Waals surface area contributed by atoms with E-state index in [1.165, 1.54) is 0 Å². The second-order valence-corrected chi connectivity index (χ2v) is 5.27. The molecule has 0 radical (unpaired) electrons. The van der Waals surface area contributed by atoms with Crippen molar-refractivity contribution in [3.05, 3.63) is 59.2 Å². The lowest BCUT2D eigenvalue weighted by molar-refractivity contribution is 0.175. The van der Waals surface area contributed by atoms with E-state index in [0.717, 1.165) is 11.1 Å². The zero-order chi connectivity index (χ0) is 15.5. The first-order valence-electron chi connectivity index (χ1n) is 6.80. The smallest absolute Gasteiger partial charge is 0.267 e. The molecule has 6 heteroatoms. The molecule has 3 rings (SSSR count). The molecule has 1 aromatic carbocycles. The van der Waals surface area contributed by atoms with Crippen molar-refractivity contribution in [3.63, 3.8) is 0 Å². The molecule has 0 aliphatic heterocycles. The molecule has 0 saturated heterocycles. The number of aryl methyl sites for hydroxylation is 1. The maximum Gasteiger partial charge on any atom is 0.267 e. The molecule has 0 N–H and O–H groups in total. The van der Waals surface area contributed by atoms with Crippen molar-refractivity contribution in [2.75, 3.05) is 0 Å². The minimum Gasteiger partial charge on any atom is -0.481 e. The van der Waals surface area contributed by atoms with Crippen LogP contribution in [0.2, 0.25) is 5.02 Å². The number of halogens is 1. The minimum atomic E-state index is -0.358. The van der Waals surface area contributed by atoms with E-state index in [0.29, 0.717) is 22.5 Å². The van der Waals surface area contributed by atoms with Gasteiger partial charge in [0.05, 0.1) is 0 Å². The lowest BCUT2D eigenvalue weighted by atomic mass is 10.2. The summed E-state index contributed by atoms with van der Waals surface area (Å²) in [5.74, 6) is 1.64. The maximum atomic E-state index is 6.00. The molecule has 0 bridgehead atoms. The lowest BCUT2D eigenvalue weighted by Crippen LogP contribution is -2.03. The minimum absolute atomic E-state index is 0.358. The fourth-order valence-electron chi connectivity index (χ4n) is 1.96. The van der Waals surface area contributed by atoms with Gasteiger partial charge in [-0.3, -0.25) is 4.98 Å². The summed E-state index contributed by atoms with van der Waals surface area (Å²) >= 11 is 6.00. The lowest BCUT2D eigenvalue weighted by Gasteiger charge is -2.11. The predicted molar refractivity (Wildman–Crippen MR) is 82.8 cm³/mol. The Hall–Kier alpha value is -2.40. The van der Waals surface area contributed by atoms with Gasteiger partial charge in [-0.15, -0.1) is 0 Å². The van der Waals surface area contributed by atoms with Crippen molar-refractivity contribution in [2.45, 2.75) is 20.0 Å². The standard InChI is InChI=1S/C16H14ClN3O2/c1-10-9-13(3-4-14(10)17)21-11(2)16-19-15(20-22-16)12-5-7-18-8-6-12/h3-9,11H,1-2H3/t11-/m1/s1. The first-order chi connectivity index (χ1) is 10.6. The van der Waals surface area contributed by atoms with Crippen molar-refractivity contribution in [1.29, 1.82) is 0 Å². The quantitative estimate of drug-likeness (QED) is 0.721. The van der Waals surface area contributed by atoms with Crippen molar-refractivity contribution in [2.24, 2.45) is 0 Å². The number of hydrogen-bond donors (Lipinski definition) is 0. The van der Waals surface area contributed by atoms with Crippen molar-refractivity contribution in [3.8, 4) is 17.1 Å². The van der Waals surface area contributed by atoms with Crippen molar-refractivity contribution in [1.82, 2.24) is 15.1 Å². The number of aromatic nitrogens is 3. The Morgan fingerprint density at radius 3 is 2.68 bits per heavy atom. The van der Waals surface area contributed by atoms with E-state index in [1.54, 1.807) is 18.5 Å². The molecule has 0 aliphatic rings. The molecule has 0 saturated carbocycles. The summed E-state index contributed by atoms with van der Waals surface area (Å²) in [6.07, 6.45) is 3.01. The number of benzene rings is 1. The normalized spacial score (nSPS) is 12.1. The molecule has 0 unspecified atom stereocenters. The molecule has 22 heavy (non-hydrogen) atoms. The molecular weight excluding hydrogens is 302 g/mol. The van der Waals surface area contributed by atoms with Gasteiger partial charge < -0.3 is 9.26 Å². The Morgan fingerprint density at radius 2 is 1.95 bits per heavy atom. The first kappa shape index (κ1) is 14.5. The number of pyridine rings is 1. The van der Waals surface area contributed by atoms with E-state index in [9.17, 15) is 0 Å². The third-order valence-corrected chi connectivity index (χ3v) is 3.59. The van der Waals surface area contributed by atoms with Gasteiger partial charge in [0, 0.05) is 23.0 Å². The van der Waals surface area contributed by atoms with E-state index >= 15 is 0 Å². The highest BCUT2D eigenvalue weighted by Gasteiger charge is 2.17. The second-order valence-electron chi connectivity index (χ2n) is 4.86. The topological polar surface area (TPSA) is 61.0 Å². The monoisotopic (exact) mass is 315 g/mol. The third-order valence-electron chi connectivity index (χ3n) is 3.17. The highest BCUT2D eigenvalue weighted by atomic mass is 35.5. The Bertz CT molecular complexity index is 774. The summed E-state index contributed by atoms with van der Waals surface area (Å²) in [6, 6.07) is 9.13. The van der Waals surface area contributed by atoms with Crippen LogP contribution in [0.5, 0.6) is 5.75 Å². The van der Waals surface area contributed by atoms with Crippen LogP contribution in [0.15, 0.2) is 47.2 Å². The van der Waals surface area contributed by atoms with Gasteiger partial charge in [-0.25, -0.2) is 0 Å². The van der Waals surface area contributed by atoms with Crippen LogP contribution in [0.1, 0.15) is 24.5 Å². The van der Waals surface area contributed by atoms with Crippen LogP contribution in [0, 0.1) is 6.92 Å². The van der Waals surface area contributed by atoms with Gasteiger partial charge in [-0.2, -0.15) is 4.98 Å². The van der Waals surface area contributed by atoms with Gasteiger partial charge in [0.25, 0.3) is 5.89 Å². The number of hydrogen-bond acceptors (Lipinski definition) is 5. The molecule has 0 fully saturated rings. The van der Waals surface area contributed by atoms with Crippen LogP contribution < -0.4 is 4.74 Å². The van der Waals surface area contributed by atoms with Crippen LogP contribution in [0.4, 0.5) is 0 Å². The predicted octanol–water partition coefficient (Wildman–Crippen LogP) is 4.23. The molecule has 5 nitrogen and oxygen atoms in total. The molecule has 3 aromatic rings. The van der Waals surface area contributed by atoms with Crippen LogP contribution in [0.3, 0.4) is 0 Å². The van der Waals surface area contributed by atoms with Crippen LogP contribution in [-0.4, -0.2) is 15.1 Å². The number of nitrogens with zero attached hydrogens (tertiary/aromatic N) is 3. The number of ether oxygens (including phenoxy) is 1. The van der Waals surface area contributed by atoms with Crippen LogP contribution in [0.25, 0.3) is 11.4 Å². The molecule has 0 spiro atoms. The Morgan fingerprint density at radius 1 is 1.18 bits per heavy atom. The summed E-state index contributed by atoms with van der Waals surface area (Å²) in [4.78, 5) is 8.32. The van der Waals surface area contributed by atoms with E-state index in [2.05, 4.69) is 15.1 Å². The fourth-order valence-corrected chi connectivity index (χ4v) is 2.08. The van der Waals surface area contributed by atoms with Crippen molar-refractivity contribution >= 4 is 11.6 Å². The summed E-state index contributed by atoms with van der Waals surface area (Å²) < 4.78 is 11.1. The molecule has 0 amide bonds. The van der Waals surface area contributed by atoms with E-state index in [1.807, 2.05) is 38.1 Å². The van der Waals surface area contributed by atoms with E-state index in [4.69, 9.17) is 20.9 Å². The van der Waals surface area contributed by atoms with Crippen LogP contribution >= 0.6 is 11.6 Å². The van der Waals surface area contributed by atoms with Gasteiger partial charge >= 0.3 is 0 Å². The Labute approximate surface area is 132 Å². The zero-order valence-corrected chi connectivity index (χ0v) is 12.9. The SMILES string of the molecule is Cc1cc(O[C@H](C)c2nc(-c3ccncc3)no2)ccc1Cl. The Balaban J connectivity index is 1.77. The highest BCUT2D eigenvalue weighted by molar-refractivity contribution is 6.31. The Kier molecular flexibility index (Phi) is 4.06. The maximum absolute atomic E-state index is 6.00. The molecule has 112 valence electrons. The second kappa shape index (κ2) is 6.15. The summed E-state index contributed by atoms with van der Waals surface area (Å²) in [5, 5.41) is 4.67. The average Bonchev–Trinajstić information content (AvgIpc) is 3.02. The molecule has 2 aromatic heterocycles.